The van der Waals surface area contributed by atoms with E-state index in [4.69, 9.17) is 9.47 Å². The molecule has 10 heteroatoms. The Kier molecular flexibility index (Phi) is 7.61. The minimum atomic E-state index is -3.85. The fraction of sp³-hybridized carbons (Fsp3) is 0.333. The highest BCUT2D eigenvalue weighted by molar-refractivity contribution is 7.89. The van der Waals surface area contributed by atoms with Gasteiger partial charge in [-0.25, -0.2) is 8.42 Å². The summed E-state index contributed by atoms with van der Waals surface area (Å²) in [5.41, 5.74) is 0.857. The van der Waals surface area contributed by atoms with Crippen LogP contribution in [0.2, 0.25) is 0 Å². The summed E-state index contributed by atoms with van der Waals surface area (Å²) in [6.07, 6.45) is -0.385. The second-order valence-corrected chi connectivity index (χ2v) is 8.74. The van der Waals surface area contributed by atoms with Crippen LogP contribution in [0.3, 0.4) is 0 Å². The number of nitrogens with one attached hydrogen (secondary N) is 2. The topological polar surface area (TPSA) is 114 Å². The SMILES string of the molecule is COc1ccc(S(=O)(=O)N2CCCO[C@H]2CNC(=O)C(=O)NCc2ccccc2)cc1. The second-order valence-electron chi connectivity index (χ2n) is 6.85. The fourth-order valence-corrected chi connectivity index (χ4v) is 4.67. The Bertz CT molecular complexity index is 996. The van der Waals surface area contributed by atoms with E-state index in [-0.39, 0.29) is 24.5 Å². The number of carbonyl (C=O) groups is 2. The molecule has 1 fully saturated rings. The Balaban J connectivity index is 1.59. The molecule has 2 aromatic carbocycles. The zero-order valence-corrected chi connectivity index (χ0v) is 17.9. The summed E-state index contributed by atoms with van der Waals surface area (Å²) in [7, 11) is -2.35. The van der Waals surface area contributed by atoms with Gasteiger partial charge in [-0.1, -0.05) is 30.3 Å². The number of methoxy groups -OCH3 is 1. The maximum Gasteiger partial charge on any atom is 0.309 e. The fourth-order valence-electron chi connectivity index (χ4n) is 3.10. The van der Waals surface area contributed by atoms with E-state index in [9.17, 15) is 18.0 Å². The van der Waals surface area contributed by atoms with Gasteiger partial charge in [0.2, 0.25) is 10.0 Å². The lowest BCUT2D eigenvalue weighted by atomic mass is 10.2. The van der Waals surface area contributed by atoms with Crippen molar-refractivity contribution in [3.05, 3.63) is 60.2 Å². The molecule has 3 rings (SSSR count). The zero-order valence-electron chi connectivity index (χ0n) is 17.1. The molecular weight excluding hydrogens is 422 g/mol. The third-order valence-electron chi connectivity index (χ3n) is 4.76. The molecule has 1 aliphatic rings. The Morgan fingerprint density at radius 1 is 1.06 bits per heavy atom. The number of ether oxygens (including phenoxy) is 2. The highest BCUT2D eigenvalue weighted by Crippen LogP contribution is 2.23. The molecule has 0 aliphatic carbocycles. The van der Waals surface area contributed by atoms with Gasteiger partial charge >= 0.3 is 11.8 Å². The maximum absolute atomic E-state index is 13.0. The van der Waals surface area contributed by atoms with E-state index in [2.05, 4.69) is 10.6 Å². The molecule has 1 aliphatic heterocycles. The average molecular weight is 448 g/mol. The summed E-state index contributed by atoms with van der Waals surface area (Å²) in [6.45, 7) is 0.669. The molecule has 0 saturated carbocycles. The van der Waals surface area contributed by atoms with Gasteiger partial charge in [0.15, 0.2) is 0 Å². The Labute approximate surface area is 181 Å². The van der Waals surface area contributed by atoms with Crippen LogP contribution in [0.1, 0.15) is 12.0 Å². The third kappa shape index (κ3) is 5.81. The van der Waals surface area contributed by atoms with Crippen molar-refractivity contribution < 1.29 is 27.5 Å². The van der Waals surface area contributed by atoms with Crippen molar-refractivity contribution in [2.75, 3.05) is 26.8 Å². The highest BCUT2D eigenvalue weighted by Gasteiger charge is 2.35. The molecule has 0 bridgehead atoms. The van der Waals surface area contributed by atoms with Gasteiger partial charge in [0.05, 0.1) is 25.2 Å². The molecule has 0 aromatic heterocycles. The largest absolute Gasteiger partial charge is 0.497 e. The molecule has 0 radical (unpaired) electrons. The van der Waals surface area contributed by atoms with Gasteiger partial charge in [-0.3, -0.25) is 9.59 Å². The lowest BCUT2D eigenvalue weighted by Gasteiger charge is -2.34. The predicted molar refractivity (Wildman–Crippen MR) is 113 cm³/mol. The van der Waals surface area contributed by atoms with E-state index >= 15 is 0 Å². The summed E-state index contributed by atoms with van der Waals surface area (Å²) in [5, 5.41) is 4.99. The van der Waals surface area contributed by atoms with Gasteiger partial charge in [-0.2, -0.15) is 4.31 Å². The zero-order chi connectivity index (χ0) is 22.3. The van der Waals surface area contributed by atoms with Crippen molar-refractivity contribution in [3.8, 4) is 5.75 Å². The smallest absolute Gasteiger partial charge is 0.309 e. The first kappa shape index (κ1) is 22.7. The van der Waals surface area contributed by atoms with Crippen molar-refractivity contribution in [2.24, 2.45) is 0 Å². The molecule has 1 saturated heterocycles. The van der Waals surface area contributed by atoms with E-state index in [1.165, 1.54) is 23.5 Å². The number of benzene rings is 2. The van der Waals surface area contributed by atoms with Crippen LogP contribution in [0.5, 0.6) is 5.75 Å². The third-order valence-corrected chi connectivity index (χ3v) is 6.66. The number of hydrogen-bond donors (Lipinski definition) is 2. The van der Waals surface area contributed by atoms with Crippen molar-refractivity contribution in [3.63, 3.8) is 0 Å². The van der Waals surface area contributed by atoms with E-state index in [1.54, 1.807) is 12.1 Å². The van der Waals surface area contributed by atoms with Gasteiger partial charge in [-0.15, -0.1) is 0 Å². The number of rotatable bonds is 7. The maximum atomic E-state index is 13.0. The Morgan fingerprint density at radius 2 is 1.74 bits per heavy atom. The van der Waals surface area contributed by atoms with Crippen LogP contribution >= 0.6 is 0 Å². The van der Waals surface area contributed by atoms with Crippen LogP contribution < -0.4 is 15.4 Å². The summed E-state index contributed by atoms with van der Waals surface area (Å²) in [6, 6.07) is 15.2. The lowest BCUT2D eigenvalue weighted by Crippen LogP contribution is -2.53. The van der Waals surface area contributed by atoms with E-state index in [0.717, 1.165) is 5.56 Å². The second kappa shape index (κ2) is 10.4. The summed E-state index contributed by atoms with van der Waals surface area (Å²) in [4.78, 5) is 24.3. The van der Waals surface area contributed by atoms with Crippen LogP contribution in [0.4, 0.5) is 0 Å². The lowest BCUT2D eigenvalue weighted by molar-refractivity contribution is -0.140. The standard InChI is InChI=1S/C21H25N3O6S/c1-29-17-8-10-18(11-9-17)31(27,28)24-12-5-13-30-19(24)15-23-21(26)20(25)22-14-16-6-3-2-4-7-16/h2-4,6-11,19H,5,12-15H2,1H3,(H,22,25)(H,23,26)/t19-/m0/s1. The number of hydrogen-bond acceptors (Lipinski definition) is 6. The van der Waals surface area contributed by atoms with Crippen molar-refractivity contribution in [1.82, 2.24) is 14.9 Å². The Hall–Kier alpha value is -2.95. The van der Waals surface area contributed by atoms with Crippen LogP contribution in [0.15, 0.2) is 59.5 Å². The minimum Gasteiger partial charge on any atom is -0.497 e. The van der Waals surface area contributed by atoms with Crippen molar-refractivity contribution in [1.29, 1.82) is 0 Å². The molecule has 166 valence electrons. The molecule has 1 heterocycles. The molecule has 2 aromatic rings. The number of nitrogens with zero attached hydrogens (tertiary/aromatic N) is 1. The molecule has 9 nitrogen and oxygen atoms in total. The van der Waals surface area contributed by atoms with Crippen LogP contribution in [-0.2, 0) is 30.9 Å². The average Bonchev–Trinajstić information content (AvgIpc) is 2.81. The monoisotopic (exact) mass is 447 g/mol. The van der Waals surface area contributed by atoms with Crippen LogP contribution in [-0.4, -0.2) is 57.6 Å². The number of amides is 2. The van der Waals surface area contributed by atoms with E-state index in [1.807, 2.05) is 30.3 Å². The van der Waals surface area contributed by atoms with Gasteiger partial charge in [0, 0.05) is 13.1 Å². The first-order chi connectivity index (χ1) is 14.9. The quantitative estimate of drug-likeness (QED) is 0.609. The van der Waals surface area contributed by atoms with Crippen molar-refractivity contribution in [2.45, 2.75) is 24.1 Å². The van der Waals surface area contributed by atoms with Gasteiger partial charge < -0.3 is 20.1 Å². The Morgan fingerprint density at radius 3 is 2.42 bits per heavy atom. The molecular formula is C21H25N3O6S. The normalized spacial score (nSPS) is 17.0. The van der Waals surface area contributed by atoms with Crippen LogP contribution in [0, 0.1) is 0 Å². The van der Waals surface area contributed by atoms with Gasteiger partial charge in [0.1, 0.15) is 12.0 Å². The van der Waals surface area contributed by atoms with Gasteiger partial charge in [0.25, 0.3) is 0 Å². The van der Waals surface area contributed by atoms with Crippen molar-refractivity contribution >= 4 is 21.8 Å². The van der Waals surface area contributed by atoms with Gasteiger partial charge in [-0.05, 0) is 36.2 Å². The highest BCUT2D eigenvalue weighted by atomic mass is 32.2. The van der Waals surface area contributed by atoms with Crippen LogP contribution in [0.25, 0.3) is 0 Å². The number of carbonyl (C=O) groups excluding carboxylic acids is 2. The summed E-state index contributed by atoms with van der Waals surface area (Å²) in [5.74, 6) is -1.12. The van der Waals surface area contributed by atoms with E-state index in [0.29, 0.717) is 18.8 Å². The van der Waals surface area contributed by atoms with E-state index < -0.39 is 28.1 Å². The predicted octanol–water partition coefficient (Wildman–Crippen LogP) is 0.865. The number of sulfonamides is 1. The first-order valence-electron chi connectivity index (χ1n) is 9.79. The summed E-state index contributed by atoms with van der Waals surface area (Å²) < 4.78 is 37.9. The molecule has 31 heavy (non-hydrogen) atoms. The molecule has 1 atom stereocenters. The summed E-state index contributed by atoms with van der Waals surface area (Å²) >= 11 is 0. The molecule has 0 unspecified atom stereocenters. The molecule has 2 amide bonds. The molecule has 0 spiro atoms. The minimum absolute atomic E-state index is 0.0933. The molecule has 2 N–H and O–H groups in total. The first-order valence-corrected chi connectivity index (χ1v) is 11.2.